The van der Waals surface area contributed by atoms with Gasteiger partial charge < -0.3 is 0 Å². The minimum atomic E-state index is -4.44. The van der Waals surface area contributed by atoms with E-state index < -0.39 is 21.8 Å². The molecule has 7 heteroatoms. The van der Waals surface area contributed by atoms with Gasteiger partial charge in [-0.25, -0.2) is 8.42 Å². The molecular weight excluding hydrogens is 351 g/mol. The number of nitrogens with one attached hydrogen (secondary N) is 1. The van der Waals surface area contributed by atoms with Crippen LogP contribution in [-0.2, 0) is 16.2 Å². The number of halogens is 3. The second-order valence-corrected chi connectivity index (χ2v) is 7.21. The summed E-state index contributed by atoms with van der Waals surface area (Å²) in [6, 6.07) is 9.63. The standard InChI is InChI=1S/C18H16F3NO2S/c1-13-8-9-14(2)17(11-13)25(23,24)22-10-4-6-15-5-3-7-16(12-15)18(19,20)21/h3,5,7-9,11-12,22H,10H2,1-2H3. The topological polar surface area (TPSA) is 46.2 Å². The smallest absolute Gasteiger partial charge is 0.207 e. The summed E-state index contributed by atoms with van der Waals surface area (Å²) in [5, 5.41) is 0. The van der Waals surface area contributed by atoms with Crippen molar-refractivity contribution in [1.82, 2.24) is 4.72 Å². The maximum Gasteiger partial charge on any atom is 0.416 e. The Labute approximate surface area is 144 Å². The third-order valence-corrected chi connectivity index (χ3v) is 4.95. The van der Waals surface area contributed by atoms with Gasteiger partial charge in [0.2, 0.25) is 10.0 Å². The summed E-state index contributed by atoms with van der Waals surface area (Å²) in [6.07, 6.45) is -4.44. The number of benzene rings is 2. The van der Waals surface area contributed by atoms with Crippen molar-refractivity contribution in [2.75, 3.05) is 6.54 Å². The van der Waals surface area contributed by atoms with E-state index in [1.54, 1.807) is 26.0 Å². The Bertz CT molecular complexity index is 939. The molecule has 0 spiro atoms. The lowest BCUT2D eigenvalue weighted by Crippen LogP contribution is -2.24. The molecule has 2 aromatic carbocycles. The van der Waals surface area contributed by atoms with E-state index in [-0.39, 0.29) is 17.0 Å². The van der Waals surface area contributed by atoms with Crippen molar-refractivity contribution < 1.29 is 21.6 Å². The van der Waals surface area contributed by atoms with Gasteiger partial charge in [0.25, 0.3) is 0 Å². The third-order valence-electron chi connectivity index (χ3n) is 3.41. The van der Waals surface area contributed by atoms with Crippen LogP contribution in [0.25, 0.3) is 0 Å². The first-order valence-electron chi connectivity index (χ1n) is 7.33. The van der Waals surface area contributed by atoms with E-state index in [9.17, 15) is 21.6 Å². The molecule has 0 aliphatic heterocycles. The Hall–Kier alpha value is -2.30. The molecule has 1 N–H and O–H groups in total. The lowest BCUT2D eigenvalue weighted by Gasteiger charge is -2.08. The summed E-state index contributed by atoms with van der Waals surface area (Å²) < 4.78 is 64.8. The summed E-state index contributed by atoms with van der Waals surface area (Å²) in [7, 11) is -3.73. The molecule has 2 rings (SSSR count). The van der Waals surface area contributed by atoms with Crippen molar-refractivity contribution in [3.05, 3.63) is 64.7 Å². The fourth-order valence-electron chi connectivity index (χ4n) is 2.13. The first kappa shape index (κ1) is 19.0. The van der Waals surface area contributed by atoms with Crippen molar-refractivity contribution >= 4 is 10.0 Å². The number of rotatable bonds is 3. The third kappa shape index (κ3) is 5.08. The molecule has 0 atom stereocenters. The molecule has 0 bridgehead atoms. The van der Waals surface area contributed by atoms with Crippen LogP contribution in [0.4, 0.5) is 13.2 Å². The number of alkyl halides is 3. The monoisotopic (exact) mass is 367 g/mol. The average Bonchev–Trinajstić information content (AvgIpc) is 2.53. The van der Waals surface area contributed by atoms with E-state index in [4.69, 9.17) is 0 Å². The first-order chi connectivity index (χ1) is 11.6. The summed E-state index contributed by atoms with van der Waals surface area (Å²) in [5.41, 5.74) is 0.779. The van der Waals surface area contributed by atoms with Gasteiger partial charge in [-0.15, -0.1) is 0 Å². The van der Waals surface area contributed by atoms with Crippen molar-refractivity contribution in [3.63, 3.8) is 0 Å². The fourth-order valence-corrected chi connectivity index (χ4v) is 3.38. The van der Waals surface area contributed by atoms with Crippen LogP contribution < -0.4 is 4.72 Å². The van der Waals surface area contributed by atoms with Gasteiger partial charge >= 0.3 is 6.18 Å². The number of sulfonamides is 1. The van der Waals surface area contributed by atoms with Gasteiger partial charge in [-0.2, -0.15) is 17.9 Å². The lowest BCUT2D eigenvalue weighted by molar-refractivity contribution is -0.137. The molecule has 0 aromatic heterocycles. The van der Waals surface area contributed by atoms with Crippen molar-refractivity contribution in [2.24, 2.45) is 0 Å². The van der Waals surface area contributed by atoms with Crippen molar-refractivity contribution in [3.8, 4) is 11.8 Å². The average molecular weight is 367 g/mol. The van der Waals surface area contributed by atoms with Crippen LogP contribution in [0.3, 0.4) is 0 Å². The molecule has 0 unspecified atom stereocenters. The minimum Gasteiger partial charge on any atom is -0.207 e. The maximum absolute atomic E-state index is 12.6. The fraction of sp³-hybridized carbons (Fsp3) is 0.222. The van der Waals surface area contributed by atoms with Gasteiger partial charge in [0, 0.05) is 5.56 Å². The predicted molar refractivity (Wildman–Crippen MR) is 89.4 cm³/mol. The van der Waals surface area contributed by atoms with Gasteiger partial charge in [0.05, 0.1) is 17.0 Å². The zero-order valence-corrected chi connectivity index (χ0v) is 14.4. The maximum atomic E-state index is 12.6. The number of hydrogen-bond donors (Lipinski definition) is 1. The van der Waals surface area contributed by atoms with E-state index in [1.165, 1.54) is 12.1 Å². The molecule has 0 heterocycles. The van der Waals surface area contributed by atoms with E-state index in [2.05, 4.69) is 16.6 Å². The molecule has 0 amide bonds. The summed E-state index contributed by atoms with van der Waals surface area (Å²) in [5.74, 6) is 5.06. The van der Waals surface area contributed by atoms with E-state index >= 15 is 0 Å². The summed E-state index contributed by atoms with van der Waals surface area (Å²) >= 11 is 0. The molecule has 132 valence electrons. The van der Waals surface area contributed by atoms with Crippen LogP contribution in [0.5, 0.6) is 0 Å². The highest BCUT2D eigenvalue weighted by molar-refractivity contribution is 7.89. The molecule has 2 aromatic rings. The number of hydrogen-bond acceptors (Lipinski definition) is 2. The Balaban J connectivity index is 2.11. The van der Waals surface area contributed by atoms with E-state index in [0.717, 1.165) is 17.7 Å². The Morgan fingerprint density at radius 2 is 1.80 bits per heavy atom. The zero-order valence-electron chi connectivity index (χ0n) is 13.6. The van der Waals surface area contributed by atoms with Crippen LogP contribution in [0.2, 0.25) is 0 Å². The molecular formula is C18H16F3NO2S. The zero-order chi connectivity index (χ0) is 18.7. The highest BCUT2D eigenvalue weighted by atomic mass is 32.2. The second-order valence-electron chi connectivity index (χ2n) is 5.47. The van der Waals surface area contributed by atoms with Crippen LogP contribution in [0.15, 0.2) is 47.4 Å². The number of aryl methyl sites for hydroxylation is 2. The van der Waals surface area contributed by atoms with E-state index in [0.29, 0.717) is 5.56 Å². The predicted octanol–water partition coefficient (Wildman–Crippen LogP) is 3.65. The molecule has 0 aliphatic carbocycles. The van der Waals surface area contributed by atoms with Gasteiger partial charge in [-0.1, -0.05) is 30.0 Å². The van der Waals surface area contributed by atoms with Gasteiger partial charge in [-0.3, -0.25) is 0 Å². The second kappa shape index (κ2) is 7.30. The minimum absolute atomic E-state index is 0.161. The largest absolute Gasteiger partial charge is 0.416 e. The highest BCUT2D eigenvalue weighted by Gasteiger charge is 2.30. The Morgan fingerprint density at radius 3 is 2.48 bits per heavy atom. The Kier molecular flexibility index (Phi) is 5.55. The van der Waals surface area contributed by atoms with Gasteiger partial charge in [-0.05, 0) is 49.2 Å². The van der Waals surface area contributed by atoms with Gasteiger partial charge in [0.1, 0.15) is 0 Å². The van der Waals surface area contributed by atoms with Gasteiger partial charge in [0.15, 0.2) is 0 Å². The quantitative estimate of drug-likeness (QED) is 0.842. The van der Waals surface area contributed by atoms with Crippen molar-refractivity contribution in [1.29, 1.82) is 0 Å². The molecule has 0 fully saturated rings. The Morgan fingerprint density at radius 1 is 1.08 bits per heavy atom. The first-order valence-corrected chi connectivity index (χ1v) is 8.81. The molecule has 0 aliphatic rings. The molecule has 0 saturated carbocycles. The molecule has 3 nitrogen and oxygen atoms in total. The summed E-state index contributed by atoms with van der Waals surface area (Å²) in [6.45, 7) is 3.26. The highest BCUT2D eigenvalue weighted by Crippen LogP contribution is 2.29. The molecule has 25 heavy (non-hydrogen) atoms. The van der Waals surface area contributed by atoms with E-state index in [1.807, 2.05) is 6.07 Å². The normalized spacial score (nSPS) is 11.7. The molecule has 0 saturated heterocycles. The van der Waals surface area contributed by atoms with Crippen LogP contribution in [-0.4, -0.2) is 15.0 Å². The van der Waals surface area contributed by atoms with Crippen molar-refractivity contribution in [2.45, 2.75) is 24.9 Å². The van der Waals surface area contributed by atoms with Crippen LogP contribution >= 0.6 is 0 Å². The van der Waals surface area contributed by atoms with Crippen LogP contribution in [0, 0.1) is 25.7 Å². The molecule has 0 radical (unpaired) electrons. The lowest BCUT2D eigenvalue weighted by atomic mass is 10.1. The van der Waals surface area contributed by atoms with Crippen LogP contribution in [0.1, 0.15) is 22.3 Å². The summed E-state index contributed by atoms with van der Waals surface area (Å²) in [4.78, 5) is 0.161. The SMILES string of the molecule is Cc1ccc(C)c(S(=O)(=O)NCC#Cc2cccc(C(F)(F)F)c2)c1.